The van der Waals surface area contributed by atoms with Crippen molar-refractivity contribution in [1.82, 2.24) is 20.1 Å². The zero-order valence-electron chi connectivity index (χ0n) is 15.2. The van der Waals surface area contributed by atoms with Crippen LogP contribution in [0.15, 0.2) is 42.6 Å². The van der Waals surface area contributed by atoms with Gasteiger partial charge >= 0.3 is 0 Å². The van der Waals surface area contributed by atoms with Gasteiger partial charge in [-0.15, -0.1) is 0 Å². The van der Waals surface area contributed by atoms with Crippen LogP contribution in [0.2, 0.25) is 0 Å². The van der Waals surface area contributed by atoms with E-state index in [2.05, 4.69) is 15.2 Å². The molecule has 0 bridgehead atoms. The third-order valence-electron chi connectivity index (χ3n) is 5.06. The highest BCUT2D eigenvalue weighted by atomic mass is 19.1. The van der Waals surface area contributed by atoms with Crippen LogP contribution in [-0.4, -0.2) is 39.1 Å². The number of halogens is 1. The summed E-state index contributed by atoms with van der Waals surface area (Å²) in [6.07, 6.45) is 3.95. The molecule has 0 saturated heterocycles. The number of fused-ring (bicyclic) bond motifs is 1. The fourth-order valence-electron chi connectivity index (χ4n) is 3.48. The zero-order valence-corrected chi connectivity index (χ0v) is 15.2. The van der Waals surface area contributed by atoms with Gasteiger partial charge in [0.1, 0.15) is 5.82 Å². The van der Waals surface area contributed by atoms with Gasteiger partial charge in [-0.05, 0) is 49.2 Å². The first-order chi connectivity index (χ1) is 13.2. The number of aromatic amines is 1. The maximum atomic E-state index is 13.2. The average Bonchev–Trinajstić information content (AvgIpc) is 2.99. The van der Waals surface area contributed by atoms with E-state index >= 15 is 0 Å². The molecule has 4 rings (SSSR count). The quantitative estimate of drug-likeness (QED) is 0.775. The topological polar surface area (TPSA) is 61.9 Å². The number of rotatable bonds is 3. The van der Waals surface area contributed by atoms with Crippen LogP contribution >= 0.6 is 0 Å². The van der Waals surface area contributed by atoms with Gasteiger partial charge in [-0.2, -0.15) is 5.10 Å². The number of carbonyl (C=O) groups excluding carboxylic acids is 1. The van der Waals surface area contributed by atoms with Crippen LogP contribution < -0.4 is 0 Å². The summed E-state index contributed by atoms with van der Waals surface area (Å²) < 4.78 is 13.2. The Labute approximate surface area is 157 Å². The van der Waals surface area contributed by atoms with E-state index in [1.807, 2.05) is 24.0 Å². The first-order valence-corrected chi connectivity index (χ1v) is 9.22. The molecule has 0 aliphatic carbocycles. The number of benzene rings is 1. The number of carbonyl (C=O) groups is 1. The molecule has 6 heteroatoms. The van der Waals surface area contributed by atoms with Crippen molar-refractivity contribution >= 4 is 5.91 Å². The summed E-state index contributed by atoms with van der Waals surface area (Å²) in [5, 5.41) is 7.53. The molecule has 1 aliphatic rings. The highest BCUT2D eigenvalue weighted by molar-refractivity contribution is 5.94. The number of nitrogens with one attached hydrogen (secondary N) is 1. The van der Waals surface area contributed by atoms with Gasteiger partial charge in [0.2, 0.25) is 0 Å². The van der Waals surface area contributed by atoms with E-state index in [0.29, 0.717) is 25.1 Å². The number of hydrogen-bond donors (Lipinski definition) is 1. The molecule has 5 nitrogen and oxygen atoms in total. The molecule has 138 valence electrons. The molecule has 1 aliphatic heterocycles. The van der Waals surface area contributed by atoms with Crippen molar-refractivity contribution in [2.75, 3.05) is 13.1 Å². The van der Waals surface area contributed by atoms with Gasteiger partial charge < -0.3 is 4.90 Å². The van der Waals surface area contributed by atoms with Crippen LogP contribution in [-0.2, 0) is 19.3 Å². The van der Waals surface area contributed by atoms with Gasteiger partial charge in [-0.3, -0.25) is 14.9 Å². The number of amides is 1. The summed E-state index contributed by atoms with van der Waals surface area (Å²) in [4.78, 5) is 19.0. The molecular formula is C21H21FN4O. The number of pyridine rings is 1. The Morgan fingerprint density at radius 3 is 2.63 bits per heavy atom. The van der Waals surface area contributed by atoms with E-state index in [-0.39, 0.29) is 11.7 Å². The van der Waals surface area contributed by atoms with Gasteiger partial charge in [0.15, 0.2) is 0 Å². The predicted octanol–water partition coefficient (Wildman–Crippen LogP) is 3.41. The molecule has 0 radical (unpaired) electrons. The van der Waals surface area contributed by atoms with Crippen LogP contribution in [0.3, 0.4) is 0 Å². The first kappa shape index (κ1) is 17.4. The van der Waals surface area contributed by atoms with Crippen LogP contribution in [0.25, 0.3) is 11.3 Å². The van der Waals surface area contributed by atoms with Crippen molar-refractivity contribution in [2.45, 2.75) is 26.2 Å². The third-order valence-corrected chi connectivity index (χ3v) is 5.06. The van der Waals surface area contributed by atoms with Crippen molar-refractivity contribution in [3.63, 3.8) is 0 Å². The lowest BCUT2D eigenvalue weighted by atomic mass is 10.0. The van der Waals surface area contributed by atoms with Crippen molar-refractivity contribution < 1.29 is 9.18 Å². The standard InChI is InChI=1S/C21H21FN4O/c1-2-17-8-5-15(13-23-17)21(27)26-11-9-18-19(10-12-26)24-25-20(18)14-3-6-16(22)7-4-14/h3-8,13H,2,9-12H2,1H3,(H,24,25). The normalized spacial score (nSPS) is 13.9. The summed E-state index contributed by atoms with van der Waals surface area (Å²) in [6.45, 7) is 3.29. The summed E-state index contributed by atoms with van der Waals surface area (Å²) >= 11 is 0. The predicted molar refractivity (Wildman–Crippen MR) is 101 cm³/mol. The highest BCUT2D eigenvalue weighted by Gasteiger charge is 2.23. The minimum absolute atomic E-state index is 0.00611. The monoisotopic (exact) mass is 364 g/mol. The Bertz CT molecular complexity index is 947. The van der Waals surface area contributed by atoms with Crippen molar-refractivity contribution in [3.8, 4) is 11.3 Å². The van der Waals surface area contributed by atoms with E-state index in [4.69, 9.17) is 0 Å². The van der Waals surface area contributed by atoms with Gasteiger partial charge in [0.25, 0.3) is 5.91 Å². The van der Waals surface area contributed by atoms with Crippen LogP contribution in [0.5, 0.6) is 0 Å². The van der Waals surface area contributed by atoms with Gasteiger partial charge in [0.05, 0.1) is 11.3 Å². The molecule has 0 atom stereocenters. The van der Waals surface area contributed by atoms with E-state index in [9.17, 15) is 9.18 Å². The number of H-pyrrole nitrogens is 1. The molecule has 1 N–H and O–H groups in total. The summed E-state index contributed by atoms with van der Waals surface area (Å²) in [6, 6.07) is 10.1. The highest BCUT2D eigenvalue weighted by Crippen LogP contribution is 2.27. The van der Waals surface area contributed by atoms with Crippen LogP contribution in [0.1, 0.15) is 34.2 Å². The van der Waals surface area contributed by atoms with Crippen molar-refractivity contribution in [3.05, 3.63) is 70.9 Å². The van der Waals surface area contributed by atoms with E-state index in [1.54, 1.807) is 18.3 Å². The van der Waals surface area contributed by atoms with Gasteiger partial charge in [0, 0.05) is 48.2 Å². The third kappa shape index (κ3) is 3.47. The lowest BCUT2D eigenvalue weighted by Gasteiger charge is -2.20. The number of nitrogens with zero attached hydrogens (tertiary/aromatic N) is 3. The maximum Gasteiger partial charge on any atom is 0.255 e. The lowest BCUT2D eigenvalue weighted by molar-refractivity contribution is 0.0762. The summed E-state index contributed by atoms with van der Waals surface area (Å²) in [7, 11) is 0. The SMILES string of the molecule is CCc1ccc(C(=O)N2CCc3[nH]nc(-c4ccc(F)cc4)c3CC2)cn1. The zero-order chi connectivity index (χ0) is 18.8. The molecular weight excluding hydrogens is 343 g/mol. The number of hydrogen-bond acceptors (Lipinski definition) is 3. The summed E-state index contributed by atoms with van der Waals surface area (Å²) in [5.41, 5.74) is 5.48. The largest absolute Gasteiger partial charge is 0.338 e. The molecule has 0 spiro atoms. The minimum Gasteiger partial charge on any atom is -0.338 e. The second kappa shape index (κ2) is 7.31. The maximum absolute atomic E-state index is 13.2. The van der Waals surface area contributed by atoms with E-state index in [0.717, 1.165) is 41.1 Å². The fourth-order valence-corrected chi connectivity index (χ4v) is 3.48. The lowest BCUT2D eigenvalue weighted by Crippen LogP contribution is -2.33. The first-order valence-electron chi connectivity index (χ1n) is 9.22. The number of aryl methyl sites for hydroxylation is 1. The number of aromatic nitrogens is 3. The van der Waals surface area contributed by atoms with Gasteiger partial charge in [-0.25, -0.2) is 4.39 Å². The molecule has 27 heavy (non-hydrogen) atoms. The molecule has 1 amide bonds. The van der Waals surface area contributed by atoms with Crippen molar-refractivity contribution in [2.24, 2.45) is 0 Å². The second-order valence-corrected chi connectivity index (χ2v) is 6.72. The Hall–Kier alpha value is -3.02. The van der Waals surface area contributed by atoms with E-state index < -0.39 is 0 Å². The minimum atomic E-state index is -0.264. The fraction of sp³-hybridized carbons (Fsp3) is 0.286. The molecule has 3 heterocycles. The molecule has 0 unspecified atom stereocenters. The van der Waals surface area contributed by atoms with Crippen LogP contribution in [0, 0.1) is 5.82 Å². The smallest absolute Gasteiger partial charge is 0.255 e. The average molecular weight is 364 g/mol. The van der Waals surface area contributed by atoms with Crippen LogP contribution in [0.4, 0.5) is 4.39 Å². The molecule has 1 aromatic carbocycles. The summed E-state index contributed by atoms with van der Waals surface area (Å²) in [5.74, 6) is -0.258. The Morgan fingerprint density at radius 2 is 1.93 bits per heavy atom. The second-order valence-electron chi connectivity index (χ2n) is 6.72. The molecule has 0 saturated carbocycles. The Balaban J connectivity index is 1.53. The molecule has 2 aromatic heterocycles. The Kier molecular flexibility index (Phi) is 4.71. The van der Waals surface area contributed by atoms with E-state index in [1.165, 1.54) is 12.1 Å². The molecule has 0 fully saturated rings. The Morgan fingerprint density at radius 1 is 1.15 bits per heavy atom. The van der Waals surface area contributed by atoms with Gasteiger partial charge in [-0.1, -0.05) is 6.92 Å². The van der Waals surface area contributed by atoms with Crippen molar-refractivity contribution in [1.29, 1.82) is 0 Å². The molecule has 3 aromatic rings.